The zero-order valence-corrected chi connectivity index (χ0v) is 21.3. The molecule has 37 heavy (non-hydrogen) atoms. The van der Waals surface area contributed by atoms with Crippen molar-refractivity contribution >= 4 is 35.0 Å². The van der Waals surface area contributed by atoms with E-state index in [9.17, 15) is 9.59 Å². The Balaban J connectivity index is 1.31. The Morgan fingerprint density at radius 1 is 1.11 bits per heavy atom. The minimum atomic E-state index is -0.904. The number of hydrogen-bond acceptors (Lipinski definition) is 8. The van der Waals surface area contributed by atoms with Crippen molar-refractivity contribution in [2.45, 2.75) is 62.9 Å². The van der Waals surface area contributed by atoms with E-state index in [4.69, 9.17) is 4.98 Å². The van der Waals surface area contributed by atoms with Crippen LogP contribution in [0.1, 0.15) is 50.5 Å². The molecule has 2 saturated heterocycles. The summed E-state index contributed by atoms with van der Waals surface area (Å²) in [6, 6.07) is 5.30. The first-order valence-electron chi connectivity index (χ1n) is 13.4. The van der Waals surface area contributed by atoms with Crippen molar-refractivity contribution in [3.63, 3.8) is 0 Å². The van der Waals surface area contributed by atoms with E-state index >= 15 is 4.39 Å². The summed E-state index contributed by atoms with van der Waals surface area (Å²) in [6.45, 7) is 3.40. The number of imide groups is 1. The van der Waals surface area contributed by atoms with Crippen LogP contribution < -0.4 is 20.4 Å². The standard InChI is InChI=1S/C27H34FN7O2/c1-33-11-13-34(14-12-33)22-9-8-19(15-21(22)28)30-26-29-17-18-5-4-10-27(16-23(36)31-25(27)37)35(24(18)32-26)20-6-2-3-7-20/h8-9,15,17,20H,2-7,10-14,16H2,1H3,(H,29,30,32)(H,31,36,37). The van der Waals surface area contributed by atoms with Gasteiger partial charge in [-0.15, -0.1) is 0 Å². The highest BCUT2D eigenvalue weighted by Crippen LogP contribution is 2.43. The smallest absolute Gasteiger partial charge is 0.253 e. The minimum Gasteiger partial charge on any atom is -0.367 e. The first kappa shape index (κ1) is 24.1. The van der Waals surface area contributed by atoms with E-state index in [-0.39, 0.29) is 30.1 Å². The van der Waals surface area contributed by atoms with Crippen molar-refractivity contribution in [3.8, 4) is 0 Å². The Hall–Kier alpha value is -3.27. The second kappa shape index (κ2) is 9.55. The van der Waals surface area contributed by atoms with Crippen LogP contribution in [0, 0.1) is 5.82 Å². The lowest BCUT2D eigenvalue weighted by molar-refractivity contribution is -0.126. The largest absolute Gasteiger partial charge is 0.367 e. The van der Waals surface area contributed by atoms with Crippen LogP contribution >= 0.6 is 0 Å². The summed E-state index contributed by atoms with van der Waals surface area (Å²) in [5.41, 5.74) is 1.25. The molecule has 2 N–H and O–H groups in total. The third kappa shape index (κ3) is 4.41. The molecule has 10 heteroatoms. The van der Waals surface area contributed by atoms with Crippen LogP contribution in [0.4, 0.5) is 27.5 Å². The lowest BCUT2D eigenvalue weighted by Crippen LogP contribution is -2.57. The average Bonchev–Trinajstić information content (AvgIpc) is 3.45. The lowest BCUT2D eigenvalue weighted by atomic mass is 9.88. The molecular formula is C27H34FN7O2. The summed E-state index contributed by atoms with van der Waals surface area (Å²) in [6.07, 6.45) is 8.24. The van der Waals surface area contributed by atoms with Gasteiger partial charge in [0, 0.05) is 49.7 Å². The summed E-state index contributed by atoms with van der Waals surface area (Å²) in [5, 5.41) is 5.74. The normalized spacial score (nSPS) is 24.9. The number of carbonyl (C=O) groups is 2. The third-order valence-corrected chi connectivity index (χ3v) is 8.43. The molecule has 1 unspecified atom stereocenters. The topological polar surface area (TPSA) is 93.7 Å². The van der Waals surface area contributed by atoms with Gasteiger partial charge in [0.1, 0.15) is 17.2 Å². The second-order valence-corrected chi connectivity index (χ2v) is 10.9. The van der Waals surface area contributed by atoms with Gasteiger partial charge in [-0.1, -0.05) is 12.8 Å². The van der Waals surface area contributed by atoms with Crippen molar-refractivity contribution < 1.29 is 14.0 Å². The van der Waals surface area contributed by atoms with Crippen LogP contribution in [0.2, 0.25) is 0 Å². The minimum absolute atomic E-state index is 0.150. The molecule has 0 radical (unpaired) electrons. The van der Waals surface area contributed by atoms with Gasteiger partial charge in [-0.25, -0.2) is 9.37 Å². The van der Waals surface area contributed by atoms with Crippen LogP contribution in [0.15, 0.2) is 24.4 Å². The van der Waals surface area contributed by atoms with E-state index in [1.807, 2.05) is 12.3 Å². The van der Waals surface area contributed by atoms with Crippen LogP contribution in [-0.2, 0) is 16.0 Å². The first-order valence-corrected chi connectivity index (χ1v) is 13.4. The molecular weight excluding hydrogens is 473 g/mol. The van der Waals surface area contributed by atoms with Gasteiger partial charge in [-0.3, -0.25) is 14.9 Å². The molecule has 1 atom stereocenters. The maximum Gasteiger partial charge on any atom is 0.253 e. The van der Waals surface area contributed by atoms with Crippen molar-refractivity contribution in [1.29, 1.82) is 0 Å². The average molecular weight is 508 g/mol. The van der Waals surface area contributed by atoms with Crippen molar-refractivity contribution in [2.75, 3.05) is 48.3 Å². The van der Waals surface area contributed by atoms with E-state index in [1.165, 1.54) is 6.07 Å². The Morgan fingerprint density at radius 2 is 1.89 bits per heavy atom. The van der Waals surface area contributed by atoms with E-state index in [0.29, 0.717) is 23.7 Å². The number of aromatic nitrogens is 2. The number of nitrogens with zero attached hydrogens (tertiary/aromatic N) is 5. The van der Waals surface area contributed by atoms with Gasteiger partial charge in [0.05, 0.1) is 12.1 Å². The molecule has 1 saturated carbocycles. The molecule has 1 aromatic carbocycles. The molecule has 196 valence electrons. The van der Waals surface area contributed by atoms with Gasteiger partial charge in [0.15, 0.2) is 0 Å². The second-order valence-electron chi connectivity index (χ2n) is 10.9. The van der Waals surface area contributed by atoms with Crippen LogP contribution in [0.5, 0.6) is 0 Å². The fourth-order valence-corrected chi connectivity index (χ4v) is 6.47. The molecule has 2 amide bonds. The SMILES string of the molecule is CN1CCN(c2ccc(Nc3ncc4c(n3)N(C3CCCC3)C3(CCC4)CC(=O)NC3=O)cc2F)CC1. The zero-order chi connectivity index (χ0) is 25.6. The predicted molar refractivity (Wildman–Crippen MR) is 140 cm³/mol. The fraction of sp³-hybridized carbons (Fsp3) is 0.556. The molecule has 4 aliphatic rings. The summed E-state index contributed by atoms with van der Waals surface area (Å²) in [5.74, 6) is 0.361. The van der Waals surface area contributed by atoms with Gasteiger partial charge in [0.2, 0.25) is 11.9 Å². The van der Waals surface area contributed by atoms with Gasteiger partial charge < -0.3 is 20.0 Å². The third-order valence-electron chi connectivity index (χ3n) is 8.43. The fourth-order valence-electron chi connectivity index (χ4n) is 6.47. The van der Waals surface area contributed by atoms with E-state index in [0.717, 1.165) is 76.1 Å². The van der Waals surface area contributed by atoms with Crippen LogP contribution in [-0.4, -0.2) is 71.5 Å². The van der Waals surface area contributed by atoms with Gasteiger partial charge in [-0.05, 0) is 57.4 Å². The number of rotatable bonds is 4. The highest BCUT2D eigenvalue weighted by Gasteiger charge is 2.54. The number of amides is 2. The van der Waals surface area contributed by atoms with Crippen molar-refractivity contribution in [1.82, 2.24) is 20.2 Å². The molecule has 3 aliphatic heterocycles. The number of likely N-dealkylation sites (N-methyl/N-ethyl adjacent to an activating group) is 1. The number of fused-ring (bicyclic) bond motifs is 1. The Morgan fingerprint density at radius 3 is 2.59 bits per heavy atom. The first-order chi connectivity index (χ1) is 17.9. The highest BCUT2D eigenvalue weighted by molar-refractivity contribution is 6.10. The molecule has 0 bridgehead atoms. The quantitative estimate of drug-likeness (QED) is 0.611. The molecule has 2 aromatic rings. The van der Waals surface area contributed by atoms with E-state index < -0.39 is 5.54 Å². The Bertz CT molecular complexity index is 1210. The maximum absolute atomic E-state index is 15.1. The van der Waals surface area contributed by atoms with Crippen molar-refractivity contribution in [3.05, 3.63) is 35.8 Å². The molecule has 9 nitrogen and oxygen atoms in total. The number of halogens is 1. The number of piperazine rings is 1. The van der Waals surface area contributed by atoms with Gasteiger partial charge >= 0.3 is 0 Å². The number of hydrogen-bond donors (Lipinski definition) is 2. The number of nitrogens with one attached hydrogen (secondary N) is 2. The monoisotopic (exact) mass is 507 g/mol. The summed E-state index contributed by atoms with van der Waals surface area (Å²) in [4.78, 5) is 41.5. The van der Waals surface area contributed by atoms with Crippen molar-refractivity contribution in [2.24, 2.45) is 0 Å². The van der Waals surface area contributed by atoms with Gasteiger partial charge in [0.25, 0.3) is 5.91 Å². The van der Waals surface area contributed by atoms with Crippen LogP contribution in [0.25, 0.3) is 0 Å². The molecule has 6 rings (SSSR count). The maximum atomic E-state index is 15.1. The number of carbonyl (C=O) groups excluding carboxylic acids is 2. The van der Waals surface area contributed by atoms with Crippen LogP contribution in [0.3, 0.4) is 0 Å². The number of anilines is 4. The molecule has 1 spiro atoms. The Labute approximate surface area is 216 Å². The highest BCUT2D eigenvalue weighted by atomic mass is 19.1. The summed E-state index contributed by atoms with van der Waals surface area (Å²) < 4.78 is 15.1. The molecule has 4 heterocycles. The lowest BCUT2D eigenvalue weighted by Gasteiger charge is -2.43. The zero-order valence-electron chi connectivity index (χ0n) is 21.3. The van der Waals surface area contributed by atoms with Gasteiger partial charge in [-0.2, -0.15) is 4.98 Å². The molecule has 1 aliphatic carbocycles. The number of aryl methyl sites for hydroxylation is 1. The molecule has 3 fully saturated rings. The Kier molecular flexibility index (Phi) is 6.22. The molecule has 1 aromatic heterocycles. The summed E-state index contributed by atoms with van der Waals surface area (Å²) in [7, 11) is 2.08. The van der Waals surface area contributed by atoms with E-state index in [2.05, 4.69) is 37.4 Å². The number of benzene rings is 1. The predicted octanol–water partition coefficient (Wildman–Crippen LogP) is 2.98. The summed E-state index contributed by atoms with van der Waals surface area (Å²) >= 11 is 0. The van der Waals surface area contributed by atoms with E-state index in [1.54, 1.807) is 6.07 Å².